The molecule has 2 N–H and O–H groups in total. The van der Waals surface area contributed by atoms with E-state index in [1.807, 2.05) is 19.1 Å². The fourth-order valence-corrected chi connectivity index (χ4v) is 4.37. The van der Waals surface area contributed by atoms with Crippen LogP contribution in [0.25, 0.3) is 22.5 Å². The van der Waals surface area contributed by atoms with E-state index in [0.717, 1.165) is 16.7 Å². The van der Waals surface area contributed by atoms with E-state index < -0.39 is 11.8 Å². The van der Waals surface area contributed by atoms with Gasteiger partial charge in [-0.05, 0) is 79.8 Å². The predicted octanol–water partition coefficient (Wildman–Crippen LogP) is 7.73. The Hall–Kier alpha value is -3.80. The number of alkyl halides is 2. The highest BCUT2D eigenvalue weighted by atomic mass is 19.3. The van der Waals surface area contributed by atoms with Crippen LogP contribution in [-0.4, -0.2) is 15.9 Å². The van der Waals surface area contributed by atoms with Gasteiger partial charge in [-0.3, -0.25) is 4.79 Å². The molecule has 0 bridgehead atoms. The lowest BCUT2D eigenvalue weighted by atomic mass is 9.93. The van der Waals surface area contributed by atoms with Crippen molar-refractivity contribution < 1.29 is 13.6 Å². The van der Waals surface area contributed by atoms with Crippen LogP contribution in [0, 0.1) is 27.7 Å². The van der Waals surface area contributed by atoms with E-state index in [-0.39, 0.29) is 17.7 Å². The zero-order chi connectivity index (χ0) is 25.3. The standard InChI is InChI=1S/C29H29F2N3O/c1-6-29(30,31)23-11-8-12-24(16-23)33-28(35)26-20(5)32-27(34-26)22-14-17(2)13-21(15-22)25-18(3)9-7-10-19(25)4/h7-16H,6H2,1-5H3,(H,32,34)(H,33,35). The van der Waals surface area contributed by atoms with Gasteiger partial charge in [-0.1, -0.05) is 43.3 Å². The molecule has 6 heteroatoms. The molecule has 0 fully saturated rings. The van der Waals surface area contributed by atoms with Gasteiger partial charge >= 0.3 is 0 Å². The van der Waals surface area contributed by atoms with Crippen LogP contribution < -0.4 is 5.32 Å². The second kappa shape index (κ2) is 9.45. The van der Waals surface area contributed by atoms with Crippen LogP contribution in [0.15, 0.2) is 60.7 Å². The number of imidazole rings is 1. The van der Waals surface area contributed by atoms with E-state index >= 15 is 0 Å². The summed E-state index contributed by atoms with van der Waals surface area (Å²) >= 11 is 0. The Morgan fingerprint density at radius 2 is 1.60 bits per heavy atom. The molecule has 1 amide bonds. The molecular formula is C29H29F2N3O. The second-order valence-electron chi connectivity index (χ2n) is 9.01. The normalized spacial score (nSPS) is 11.5. The van der Waals surface area contributed by atoms with E-state index in [4.69, 9.17) is 0 Å². The minimum atomic E-state index is -2.95. The van der Waals surface area contributed by atoms with Crippen molar-refractivity contribution in [1.82, 2.24) is 9.97 Å². The molecule has 1 heterocycles. The lowest BCUT2D eigenvalue weighted by Gasteiger charge is -2.15. The van der Waals surface area contributed by atoms with E-state index in [1.54, 1.807) is 13.0 Å². The van der Waals surface area contributed by atoms with Gasteiger partial charge in [-0.2, -0.15) is 0 Å². The number of aromatic amines is 1. The van der Waals surface area contributed by atoms with Gasteiger partial charge in [0.2, 0.25) is 0 Å². The summed E-state index contributed by atoms with van der Waals surface area (Å²) in [6.07, 6.45) is -0.313. The molecule has 4 aromatic rings. The molecule has 3 aromatic carbocycles. The Morgan fingerprint density at radius 1 is 0.943 bits per heavy atom. The third-order valence-electron chi connectivity index (χ3n) is 6.21. The van der Waals surface area contributed by atoms with Crippen molar-refractivity contribution in [2.75, 3.05) is 5.32 Å². The second-order valence-corrected chi connectivity index (χ2v) is 9.01. The third-order valence-corrected chi connectivity index (χ3v) is 6.21. The van der Waals surface area contributed by atoms with Gasteiger partial charge in [0.05, 0.1) is 0 Å². The maximum absolute atomic E-state index is 14.1. The van der Waals surface area contributed by atoms with Crippen LogP contribution in [0.5, 0.6) is 0 Å². The molecule has 0 saturated carbocycles. The van der Waals surface area contributed by atoms with Crippen LogP contribution in [0.2, 0.25) is 0 Å². The SMILES string of the molecule is CCC(F)(F)c1cccc(NC(=O)c2nc(-c3cc(C)cc(-c4c(C)cccc4C)c3)[nH]c2C)c1. The summed E-state index contributed by atoms with van der Waals surface area (Å²) in [5.41, 5.74) is 7.59. The number of aromatic nitrogens is 2. The Bertz CT molecular complexity index is 1380. The Morgan fingerprint density at radius 3 is 2.29 bits per heavy atom. The summed E-state index contributed by atoms with van der Waals surface area (Å²) in [7, 11) is 0. The first-order chi connectivity index (χ1) is 16.6. The average Bonchev–Trinajstić information content (AvgIpc) is 3.20. The number of anilines is 1. The number of nitrogens with zero attached hydrogens (tertiary/aromatic N) is 1. The highest BCUT2D eigenvalue weighted by Gasteiger charge is 2.29. The maximum atomic E-state index is 14.1. The zero-order valence-corrected chi connectivity index (χ0v) is 20.6. The van der Waals surface area contributed by atoms with Crippen LogP contribution in [0.4, 0.5) is 14.5 Å². The Balaban J connectivity index is 1.65. The summed E-state index contributed by atoms with van der Waals surface area (Å²) in [5.74, 6) is -2.83. The van der Waals surface area contributed by atoms with Gasteiger partial charge in [0, 0.05) is 28.9 Å². The molecule has 0 aliphatic carbocycles. The number of rotatable bonds is 6. The molecule has 0 atom stereocenters. The number of H-pyrrole nitrogens is 1. The molecule has 0 radical (unpaired) electrons. The van der Waals surface area contributed by atoms with Gasteiger partial charge in [-0.25, -0.2) is 13.8 Å². The molecule has 1 aromatic heterocycles. The largest absolute Gasteiger partial charge is 0.341 e. The molecule has 0 saturated heterocycles. The van der Waals surface area contributed by atoms with Gasteiger partial charge in [-0.15, -0.1) is 0 Å². The predicted molar refractivity (Wildman–Crippen MR) is 137 cm³/mol. The number of nitrogens with one attached hydrogen (secondary N) is 2. The molecule has 0 spiro atoms. The van der Waals surface area contributed by atoms with E-state index in [0.29, 0.717) is 17.2 Å². The number of hydrogen-bond donors (Lipinski definition) is 2. The molecule has 0 unspecified atom stereocenters. The van der Waals surface area contributed by atoms with Crippen LogP contribution in [0.1, 0.15) is 51.8 Å². The zero-order valence-electron chi connectivity index (χ0n) is 20.6. The number of amides is 1. The summed E-state index contributed by atoms with van der Waals surface area (Å²) < 4.78 is 28.2. The molecule has 180 valence electrons. The minimum Gasteiger partial charge on any atom is -0.341 e. The third kappa shape index (κ3) is 5.02. The van der Waals surface area contributed by atoms with Crippen molar-refractivity contribution in [2.24, 2.45) is 0 Å². The van der Waals surface area contributed by atoms with Crippen LogP contribution in [0.3, 0.4) is 0 Å². The van der Waals surface area contributed by atoms with Gasteiger partial charge in [0.25, 0.3) is 11.8 Å². The van der Waals surface area contributed by atoms with Crippen molar-refractivity contribution in [3.8, 4) is 22.5 Å². The van der Waals surface area contributed by atoms with Crippen molar-refractivity contribution in [1.29, 1.82) is 0 Å². The van der Waals surface area contributed by atoms with E-state index in [9.17, 15) is 13.6 Å². The highest BCUT2D eigenvalue weighted by molar-refractivity contribution is 6.04. The van der Waals surface area contributed by atoms with E-state index in [2.05, 4.69) is 53.4 Å². The lowest BCUT2D eigenvalue weighted by Crippen LogP contribution is -2.15. The smallest absolute Gasteiger partial charge is 0.276 e. The van der Waals surface area contributed by atoms with Crippen LogP contribution >= 0.6 is 0 Å². The van der Waals surface area contributed by atoms with Crippen molar-refractivity contribution in [3.63, 3.8) is 0 Å². The highest BCUT2D eigenvalue weighted by Crippen LogP contribution is 2.33. The fraction of sp³-hybridized carbons (Fsp3) is 0.241. The Kier molecular flexibility index (Phi) is 6.57. The summed E-state index contributed by atoms with van der Waals surface area (Å²) in [5, 5.41) is 2.71. The first kappa shape index (κ1) is 24.3. The lowest BCUT2D eigenvalue weighted by molar-refractivity contribution is -0.00824. The number of hydrogen-bond acceptors (Lipinski definition) is 2. The number of carbonyl (C=O) groups is 1. The Labute approximate surface area is 204 Å². The number of halogens is 2. The van der Waals surface area contributed by atoms with Crippen LogP contribution in [-0.2, 0) is 5.92 Å². The topological polar surface area (TPSA) is 57.8 Å². The molecule has 0 aliphatic heterocycles. The quantitative estimate of drug-likeness (QED) is 0.301. The number of aryl methyl sites for hydroxylation is 4. The van der Waals surface area contributed by atoms with Crippen molar-refractivity contribution >= 4 is 11.6 Å². The summed E-state index contributed by atoms with van der Waals surface area (Å²) in [6, 6.07) is 18.2. The number of carbonyl (C=O) groups excluding carboxylic acids is 1. The van der Waals surface area contributed by atoms with Crippen molar-refractivity contribution in [3.05, 3.63) is 94.3 Å². The first-order valence-electron chi connectivity index (χ1n) is 11.6. The minimum absolute atomic E-state index is 0.129. The van der Waals surface area contributed by atoms with Gasteiger partial charge in [0.15, 0.2) is 0 Å². The number of benzene rings is 3. The van der Waals surface area contributed by atoms with Crippen molar-refractivity contribution in [2.45, 2.75) is 47.0 Å². The summed E-state index contributed by atoms with van der Waals surface area (Å²) in [6.45, 7) is 9.42. The molecule has 4 nitrogen and oxygen atoms in total. The molecular weight excluding hydrogens is 444 g/mol. The molecule has 0 aliphatic rings. The van der Waals surface area contributed by atoms with Gasteiger partial charge in [0.1, 0.15) is 11.5 Å². The molecule has 35 heavy (non-hydrogen) atoms. The first-order valence-corrected chi connectivity index (χ1v) is 11.6. The monoisotopic (exact) mass is 473 g/mol. The average molecular weight is 474 g/mol. The van der Waals surface area contributed by atoms with Gasteiger partial charge < -0.3 is 10.3 Å². The fourth-order valence-electron chi connectivity index (χ4n) is 4.37. The molecule has 4 rings (SSSR count). The summed E-state index contributed by atoms with van der Waals surface area (Å²) in [4.78, 5) is 20.8. The maximum Gasteiger partial charge on any atom is 0.276 e. The van der Waals surface area contributed by atoms with E-state index in [1.165, 1.54) is 41.8 Å².